The molecule has 0 amide bonds. The Balaban J connectivity index is 1.19. The first kappa shape index (κ1) is 18.8. The lowest BCUT2D eigenvalue weighted by molar-refractivity contribution is 0.663. The average Bonchev–Trinajstić information content (AvgIpc) is 3.97. The van der Waals surface area contributed by atoms with Crippen LogP contribution in [0.1, 0.15) is 23.3 Å². The Morgan fingerprint density at radius 2 is 0.857 bits per heavy atom. The molecular formula is C54H32O2. The van der Waals surface area contributed by atoms with Crippen molar-refractivity contribution < 1.29 is 32.1 Å². The molecule has 2 aromatic heterocycles. The minimum atomic E-state index is -0.884. The van der Waals surface area contributed by atoms with E-state index in [0.29, 0.717) is 27.5 Å². The van der Waals surface area contributed by atoms with Crippen molar-refractivity contribution in [3.05, 3.63) is 194 Å². The predicted octanol–water partition coefficient (Wildman–Crippen LogP) is 15.6. The van der Waals surface area contributed by atoms with Crippen molar-refractivity contribution in [2.75, 3.05) is 0 Å². The number of hydrogen-bond donors (Lipinski definition) is 0. The Kier molecular flexibility index (Phi) is 4.03. The van der Waals surface area contributed by atoms with E-state index >= 15 is 0 Å². The Bertz CT molecular complexity index is 4430. The quantitative estimate of drug-likeness (QED) is 0.169. The molecule has 0 saturated carbocycles. The highest BCUT2D eigenvalue weighted by atomic mass is 16.3. The fraction of sp³-hybridized carbons (Fsp3) is 0. The number of benzene rings is 10. The van der Waals surface area contributed by atoms with Gasteiger partial charge in [-0.2, -0.15) is 0 Å². The summed E-state index contributed by atoms with van der Waals surface area (Å²) in [5, 5.41) is 3.55. The second kappa shape index (κ2) is 12.0. The second-order valence-corrected chi connectivity index (χ2v) is 13.4. The van der Waals surface area contributed by atoms with Crippen molar-refractivity contribution in [1.29, 1.82) is 0 Å². The van der Waals surface area contributed by atoms with Crippen LogP contribution in [0.3, 0.4) is 0 Å². The maximum atomic E-state index is 9.70. The van der Waals surface area contributed by atoms with Crippen LogP contribution < -0.4 is 0 Å². The fourth-order valence-electron chi connectivity index (χ4n) is 8.13. The molecule has 0 fully saturated rings. The van der Waals surface area contributed by atoms with E-state index in [4.69, 9.17) is 23.9 Å². The summed E-state index contributed by atoms with van der Waals surface area (Å²) < 4.78 is 166. The summed E-state index contributed by atoms with van der Waals surface area (Å²) in [6.07, 6.45) is 0. The molecule has 0 aliphatic carbocycles. The van der Waals surface area contributed by atoms with Gasteiger partial charge in [-0.05, 0) is 113 Å². The Hall–Kier alpha value is -7.42. The van der Waals surface area contributed by atoms with Crippen molar-refractivity contribution in [3.63, 3.8) is 0 Å². The highest BCUT2D eigenvalue weighted by molar-refractivity contribution is 6.27. The molecule has 12 aromatic rings. The van der Waals surface area contributed by atoms with Gasteiger partial charge in [0.25, 0.3) is 0 Å². The molecule has 12 rings (SSSR count). The summed E-state index contributed by atoms with van der Waals surface area (Å²) >= 11 is 0. The smallest absolute Gasteiger partial charge is 0.136 e. The van der Waals surface area contributed by atoms with Crippen LogP contribution in [0.2, 0.25) is 0 Å². The van der Waals surface area contributed by atoms with Crippen molar-refractivity contribution in [2.45, 2.75) is 0 Å². The van der Waals surface area contributed by atoms with Gasteiger partial charge >= 0.3 is 0 Å². The summed E-state index contributed by atoms with van der Waals surface area (Å²) in [5.74, 6) is 0. The van der Waals surface area contributed by atoms with Crippen LogP contribution in [-0.2, 0) is 0 Å². The molecule has 2 heteroatoms. The van der Waals surface area contributed by atoms with Crippen LogP contribution in [0.15, 0.2) is 203 Å². The maximum Gasteiger partial charge on any atom is 0.136 e. The number of fused-ring (bicyclic) bond motifs is 10. The third-order valence-corrected chi connectivity index (χ3v) is 10.5. The summed E-state index contributed by atoms with van der Waals surface area (Å²) in [4.78, 5) is 0. The first-order valence-electron chi connectivity index (χ1n) is 26.3. The number of para-hydroxylation sites is 1. The third-order valence-electron chi connectivity index (χ3n) is 10.5. The molecule has 0 aliphatic rings. The van der Waals surface area contributed by atoms with E-state index in [1.54, 1.807) is 18.2 Å². The number of furan rings is 2. The van der Waals surface area contributed by atoms with E-state index in [0.717, 1.165) is 43.8 Å². The highest BCUT2D eigenvalue weighted by Crippen LogP contribution is 2.47. The van der Waals surface area contributed by atoms with Crippen LogP contribution in [-0.4, -0.2) is 0 Å². The van der Waals surface area contributed by atoms with E-state index in [2.05, 4.69) is 0 Å². The zero-order valence-corrected chi connectivity index (χ0v) is 29.0. The number of hydrogen-bond acceptors (Lipinski definition) is 2. The fourth-order valence-corrected chi connectivity index (χ4v) is 8.13. The van der Waals surface area contributed by atoms with Crippen molar-refractivity contribution in [3.8, 4) is 44.5 Å². The molecule has 10 aromatic carbocycles. The molecule has 0 saturated heterocycles. The van der Waals surface area contributed by atoms with Gasteiger partial charge in [0.2, 0.25) is 0 Å². The van der Waals surface area contributed by atoms with Crippen LogP contribution in [0.4, 0.5) is 0 Å². The molecule has 0 N–H and O–H groups in total. The first-order chi connectivity index (χ1) is 34.8. The molecule has 2 heterocycles. The molecule has 56 heavy (non-hydrogen) atoms. The van der Waals surface area contributed by atoms with Crippen molar-refractivity contribution >= 4 is 76.2 Å². The van der Waals surface area contributed by atoms with Gasteiger partial charge in [0, 0.05) is 21.5 Å². The SMILES string of the molecule is [2H]c1c([2H])c([2H])c(-c2c([2H])c([2H])c([2H])c(-c3c4c([2H])c([2H])c([2H])c([2H])c4c(-c4ccc(-c5ccc6c(c5)oc5ccc7oc8ccccc8c7c56)c5ccccc45)c4c([2H])c([2H])c([2H])c([2H])c34)c2[2H])c([2H])c1[2H]. The van der Waals surface area contributed by atoms with Crippen LogP contribution in [0, 0.1) is 0 Å². The van der Waals surface area contributed by atoms with E-state index in [-0.39, 0.29) is 27.1 Å². The Morgan fingerprint density at radius 3 is 1.57 bits per heavy atom. The molecule has 260 valence electrons. The summed E-state index contributed by atoms with van der Waals surface area (Å²) in [6.45, 7) is 0. The van der Waals surface area contributed by atoms with Gasteiger partial charge in [-0.1, -0.05) is 157 Å². The van der Waals surface area contributed by atoms with Gasteiger partial charge in [-0.3, -0.25) is 0 Å². The standard InChI is InChI=1S/C54H32O2/c1-2-13-33(14-3-1)34-15-12-16-36(31-34)51-40-19-6-8-21-42(40)52(43-22-9-7-20-41(43)51)44-28-27-37(38-17-4-5-18-39(38)44)35-25-26-46-50(32-35)56-49-30-29-48-53(54(46)49)45-23-10-11-24-47(45)55-48/h1-32H/i1D,2D,3D,6D,7D,8D,9D,12D,13D,14D,15D,16D,19D,20D,21D,22D,31D. The Morgan fingerprint density at radius 1 is 0.321 bits per heavy atom. The van der Waals surface area contributed by atoms with Gasteiger partial charge < -0.3 is 8.83 Å². The maximum absolute atomic E-state index is 9.70. The zero-order valence-electron chi connectivity index (χ0n) is 46.0. The molecule has 0 radical (unpaired) electrons. The molecule has 0 unspecified atom stereocenters. The van der Waals surface area contributed by atoms with Crippen molar-refractivity contribution in [2.24, 2.45) is 0 Å². The third kappa shape index (κ3) is 4.57. The van der Waals surface area contributed by atoms with Crippen molar-refractivity contribution in [1.82, 2.24) is 0 Å². The lowest BCUT2D eigenvalue weighted by Gasteiger charge is -2.20. The Labute approximate surface area is 346 Å². The van der Waals surface area contributed by atoms with Gasteiger partial charge in [0.15, 0.2) is 0 Å². The largest absolute Gasteiger partial charge is 0.456 e. The predicted molar refractivity (Wildman–Crippen MR) is 235 cm³/mol. The molecule has 0 atom stereocenters. The topological polar surface area (TPSA) is 26.3 Å². The first-order valence-corrected chi connectivity index (χ1v) is 17.8. The van der Waals surface area contributed by atoms with Crippen LogP contribution in [0.5, 0.6) is 0 Å². The lowest BCUT2D eigenvalue weighted by atomic mass is 9.83. The average molecular weight is 730 g/mol. The number of rotatable bonds is 4. The van der Waals surface area contributed by atoms with E-state index < -0.39 is 125 Å². The zero-order chi connectivity index (χ0) is 51.5. The minimum Gasteiger partial charge on any atom is -0.456 e. The molecule has 0 bridgehead atoms. The summed E-state index contributed by atoms with van der Waals surface area (Å²) in [6, 6.07) is 15.1. The lowest BCUT2D eigenvalue weighted by Crippen LogP contribution is -1.92. The van der Waals surface area contributed by atoms with E-state index in [1.807, 2.05) is 72.8 Å². The molecule has 0 spiro atoms. The highest BCUT2D eigenvalue weighted by Gasteiger charge is 2.21. The molecular weight excluding hydrogens is 681 g/mol. The monoisotopic (exact) mass is 729 g/mol. The minimum absolute atomic E-state index is 0.0216. The van der Waals surface area contributed by atoms with Crippen LogP contribution >= 0.6 is 0 Å². The molecule has 2 nitrogen and oxygen atoms in total. The van der Waals surface area contributed by atoms with Gasteiger partial charge in [-0.15, -0.1) is 0 Å². The molecule has 0 aliphatic heterocycles. The summed E-state index contributed by atoms with van der Waals surface area (Å²) in [7, 11) is 0. The normalized spacial score (nSPS) is 16.2. The van der Waals surface area contributed by atoms with Gasteiger partial charge in [-0.25, -0.2) is 0 Å². The van der Waals surface area contributed by atoms with Gasteiger partial charge in [0.1, 0.15) is 22.3 Å². The van der Waals surface area contributed by atoms with E-state index in [9.17, 15) is 8.22 Å². The van der Waals surface area contributed by atoms with Gasteiger partial charge in [0.05, 0.1) is 23.3 Å². The second-order valence-electron chi connectivity index (χ2n) is 13.4. The summed E-state index contributed by atoms with van der Waals surface area (Å²) in [5.41, 5.74) is 2.10. The van der Waals surface area contributed by atoms with E-state index in [1.165, 1.54) is 0 Å². The van der Waals surface area contributed by atoms with Crippen LogP contribution in [0.25, 0.3) is 121 Å².